The van der Waals surface area contributed by atoms with Crippen LogP contribution in [0.25, 0.3) is 110 Å². The summed E-state index contributed by atoms with van der Waals surface area (Å²) in [6, 6.07) is 61.6. The smallest absolute Gasteiger partial charge is 0.164 e. The maximum atomic E-state index is 6.75. The van der Waals surface area contributed by atoms with Gasteiger partial charge in [-0.15, -0.1) is 0 Å². The van der Waals surface area contributed by atoms with Gasteiger partial charge in [0.15, 0.2) is 17.5 Å². The fraction of sp³-hybridized carbons (Fsp3) is 0. The molecule has 2 heterocycles. The molecule has 0 saturated heterocycles. The van der Waals surface area contributed by atoms with Crippen molar-refractivity contribution in [1.82, 2.24) is 15.0 Å². The third kappa shape index (κ3) is 4.80. The van der Waals surface area contributed by atoms with Gasteiger partial charge in [-0.25, -0.2) is 15.0 Å². The van der Waals surface area contributed by atoms with Gasteiger partial charge < -0.3 is 4.42 Å². The second-order valence-corrected chi connectivity index (χ2v) is 13.6. The molecule has 0 aliphatic carbocycles. The number of fused-ring (bicyclic) bond motifs is 8. The van der Waals surface area contributed by atoms with Crippen molar-refractivity contribution in [3.05, 3.63) is 176 Å². The minimum absolute atomic E-state index is 0.615. The summed E-state index contributed by atoms with van der Waals surface area (Å²) in [4.78, 5) is 15.4. The standard InChI is InChI=1S/C49H29N3O/c1-3-13-33-28-35(24-22-30(33)10-1)47-50-48(36-25-23-31-11-2-4-14-34(31)29-36)52-49(51-47)42-20-8-19-41-39(42)26-27-43-45-40(18-9-21-44(45)53-46(41)43)38-17-7-15-32-12-5-6-16-37(32)38/h1-29H. The first-order valence-corrected chi connectivity index (χ1v) is 17.9. The number of aromatic nitrogens is 3. The Morgan fingerprint density at radius 1 is 0.321 bits per heavy atom. The van der Waals surface area contributed by atoms with Gasteiger partial charge in [-0.05, 0) is 73.1 Å². The zero-order valence-electron chi connectivity index (χ0n) is 28.5. The molecule has 11 aromatic rings. The SMILES string of the molecule is c1ccc2cc(-c3nc(-c4ccc5ccccc5c4)nc(-c4cccc5c4ccc4c5oc5cccc(-c6cccc7ccccc67)c54)n3)ccc2c1. The lowest BCUT2D eigenvalue weighted by molar-refractivity contribution is 0.673. The number of hydrogen-bond acceptors (Lipinski definition) is 4. The van der Waals surface area contributed by atoms with E-state index in [4.69, 9.17) is 19.4 Å². The van der Waals surface area contributed by atoms with Crippen molar-refractivity contribution in [2.24, 2.45) is 0 Å². The molecule has 11 rings (SSSR count). The highest BCUT2D eigenvalue weighted by Crippen LogP contribution is 2.43. The zero-order chi connectivity index (χ0) is 34.9. The normalized spacial score (nSPS) is 11.8. The van der Waals surface area contributed by atoms with Gasteiger partial charge >= 0.3 is 0 Å². The summed E-state index contributed by atoms with van der Waals surface area (Å²) in [6.45, 7) is 0. The van der Waals surface area contributed by atoms with E-state index in [2.05, 4.69) is 176 Å². The Kier molecular flexibility index (Phi) is 6.52. The fourth-order valence-electron chi connectivity index (χ4n) is 7.93. The summed E-state index contributed by atoms with van der Waals surface area (Å²) in [5.74, 6) is 1.87. The topological polar surface area (TPSA) is 51.8 Å². The molecule has 0 saturated carbocycles. The van der Waals surface area contributed by atoms with Crippen LogP contribution in [0.2, 0.25) is 0 Å². The van der Waals surface area contributed by atoms with Gasteiger partial charge in [0.05, 0.1) is 0 Å². The van der Waals surface area contributed by atoms with Crippen molar-refractivity contribution in [1.29, 1.82) is 0 Å². The second kappa shape index (κ2) is 11.7. The van der Waals surface area contributed by atoms with Crippen molar-refractivity contribution < 1.29 is 4.42 Å². The molecule has 9 aromatic carbocycles. The number of rotatable bonds is 4. The quantitative estimate of drug-likeness (QED) is 0.186. The van der Waals surface area contributed by atoms with Gasteiger partial charge in [0.2, 0.25) is 0 Å². The van der Waals surface area contributed by atoms with Crippen LogP contribution in [0.4, 0.5) is 0 Å². The fourth-order valence-corrected chi connectivity index (χ4v) is 7.93. The molecule has 0 unspecified atom stereocenters. The van der Waals surface area contributed by atoms with Crippen LogP contribution >= 0.6 is 0 Å². The molecule has 53 heavy (non-hydrogen) atoms. The van der Waals surface area contributed by atoms with Crippen LogP contribution in [0, 0.1) is 0 Å². The summed E-state index contributed by atoms with van der Waals surface area (Å²) in [5.41, 5.74) is 6.87. The summed E-state index contributed by atoms with van der Waals surface area (Å²) in [6.07, 6.45) is 0. The molecule has 0 fully saturated rings. The van der Waals surface area contributed by atoms with Gasteiger partial charge in [-0.2, -0.15) is 0 Å². The van der Waals surface area contributed by atoms with Gasteiger partial charge in [0.1, 0.15) is 11.2 Å². The largest absolute Gasteiger partial charge is 0.455 e. The van der Waals surface area contributed by atoms with Gasteiger partial charge in [0.25, 0.3) is 0 Å². The van der Waals surface area contributed by atoms with E-state index in [-0.39, 0.29) is 0 Å². The van der Waals surface area contributed by atoms with Crippen LogP contribution in [-0.4, -0.2) is 15.0 Å². The maximum Gasteiger partial charge on any atom is 0.164 e. The molecule has 0 radical (unpaired) electrons. The van der Waals surface area contributed by atoms with Crippen LogP contribution < -0.4 is 0 Å². The molecule has 0 aliphatic rings. The lowest BCUT2D eigenvalue weighted by atomic mass is 9.94. The predicted octanol–water partition coefficient (Wildman–Crippen LogP) is 13.1. The Labute approximate surface area is 304 Å². The Hall–Kier alpha value is -7.17. The molecule has 4 nitrogen and oxygen atoms in total. The Morgan fingerprint density at radius 2 is 0.849 bits per heavy atom. The molecule has 0 spiro atoms. The summed E-state index contributed by atoms with van der Waals surface area (Å²) in [7, 11) is 0. The van der Waals surface area contributed by atoms with Crippen molar-refractivity contribution in [3.8, 4) is 45.3 Å². The average molecular weight is 676 g/mol. The Balaban J connectivity index is 1.13. The second-order valence-electron chi connectivity index (χ2n) is 13.6. The van der Waals surface area contributed by atoms with E-state index in [0.29, 0.717) is 17.5 Å². The van der Waals surface area contributed by atoms with Gasteiger partial charge in [-0.1, -0.05) is 152 Å². The molecule has 0 aliphatic heterocycles. The van der Waals surface area contributed by atoms with Gasteiger partial charge in [0, 0.05) is 32.8 Å². The summed E-state index contributed by atoms with van der Waals surface area (Å²) >= 11 is 0. The first-order chi connectivity index (χ1) is 26.2. The number of nitrogens with zero attached hydrogens (tertiary/aromatic N) is 3. The van der Waals surface area contributed by atoms with Gasteiger partial charge in [-0.3, -0.25) is 0 Å². The third-order valence-electron chi connectivity index (χ3n) is 10.5. The van der Waals surface area contributed by atoms with E-state index in [1.54, 1.807) is 0 Å². The van der Waals surface area contributed by atoms with Crippen molar-refractivity contribution in [2.75, 3.05) is 0 Å². The van der Waals surface area contributed by atoms with Crippen molar-refractivity contribution in [3.63, 3.8) is 0 Å². The minimum Gasteiger partial charge on any atom is -0.455 e. The molecule has 4 heteroatoms. The first kappa shape index (κ1) is 29.5. The van der Waals surface area contributed by atoms with Crippen LogP contribution in [0.3, 0.4) is 0 Å². The molecular weight excluding hydrogens is 647 g/mol. The number of furan rings is 1. The summed E-state index contributed by atoms with van der Waals surface area (Å²) < 4.78 is 6.75. The van der Waals surface area contributed by atoms with E-state index >= 15 is 0 Å². The maximum absolute atomic E-state index is 6.75. The van der Waals surface area contributed by atoms with Crippen LogP contribution in [-0.2, 0) is 0 Å². The average Bonchev–Trinajstić information content (AvgIpc) is 3.62. The summed E-state index contributed by atoms with van der Waals surface area (Å²) in [5, 5.41) is 11.3. The van der Waals surface area contributed by atoms with Crippen molar-refractivity contribution >= 4 is 65.0 Å². The molecule has 2 aromatic heterocycles. The zero-order valence-corrected chi connectivity index (χ0v) is 28.5. The van der Waals surface area contributed by atoms with E-state index in [9.17, 15) is 0 Å². The highest BCUT2D eigenvalue weighted by atomic mass is 16.3. The van der Waals surface area contributed by atoms with E-state index < -0.39 is 0 Å². The number of hydrogen-bond donors (Lipinski definition) is 0. The molecule has 0 atom stereocenters. The van der Waals surface area contributed by atoms with Crippen molar-refractivity contribution in [2.45, 2.75) is 0 Å². The van der Waals surface area contributed by atoms with E-state index in [0.717, 1.165) is 65.7 Å². The molecule has 0 N–H and O–H groups in total. The molecular formula is C49H29N3O. The minimum atomic E-state index is 0.615. The monoisotopic (exact) mass is 675 g/mol. The van der Waals surface area contributed by atoms with Crippen LogP contribution in [0.15, 0.2) is 180 Å². The Morgan fingerprint density at radius 3 is 1.58 bits per heavy atom. The number of benzene rings is 9. The van der Waals surface area contributed by atoms with Crippen LogP contribution in [0.5, 0.6) is 0 Å². The third-order valence-corrected chi connectivity index (χ3v) is 10.5. The van der Waals surface area contributed by atoms with Crippen LogP contribution in [0.1, 0.15) is 0 Å². The Bertz CT molecular complexity index is 3150. The lowest BCUT2D eigenvalue weighted by Crippen LogP contribution is -2.00. The molecule has 0 amide bonds. The first-order valence-electron chi connectivity index (χ1n) is 17.9. The lowest BCUT2D eigenvalue weighted by Gasteiger charge is -2.11. The predicted molar refractivity (Wildman–Crippen MR) is 219 cm³/mol. The molecule has 0 bridgehead atoms. The highest BCUT2D eigenvalue weighted by Gasteiger charge is 2.19. The highest BCUT2D eigenvalue weighted by molar-refractivity contribution is 6.21. The van der Waals surface area contributed by atoms with E-state index in [1.165, 1.54) is 27.1 Å². The molecule has 246 valence electrons. The van der Waals surface area contributed by atoms with E-state index in [1.807, 2.05) is 0 Å².